The zero-order chi connectivity index (χ0) is 15.8. The highest BCUT2D eigenvalue weighted by Crippen LogP contribution is 2.34. The van der Waals surface area contributed by atoms with Gasteiger partial charge in [-0.3, -0.25) is 0 Å². The Morgan fingerprint density at radius 2 is 1.90 bits per heavy atom. The average molecular weight is 307 g/mol. The van der Waals surface area contributed by atoms with Crippen LogP contribution in [0.15, 0.2) is 28.7 Å². The molecule has 2 aromatic rings. The van der Waals surface area contributed by atoms with Crippen molar-refractivity contribution in [1.82, 2.24) is 4.31 Å². The van der Waals surface area contributed by atoms with Crippen molar-refractivity contribution >= 4 is 22.0 Å². The molecule has 2 rings (SSSR count). The fourth-order valence-electron chi connectivity index (χ4n) is 2.56. The van der Waals surface area contributed by atoms with Gasteiger partial charge in [-0.05, 0) is 40.2 Å². The summed E-state index contributed by atoms with van der Waals surface area (Å²) in [4.78, 5) is 0. The number of furan rings is 1. The van der Waals surface area contributed by atoms with Crippen molar-refractivity contribution in [3.05, 3.63) is 35.6 Å². The Bertz CT molecular complexity index is 654. The topological polar surface area (TPSA) is 33.5 Å². The number of hydrogen-bond donors (Lipinski definition) is 0. The van der Waals surface area contributed by atoms with Crippen LogP contribution in [-0.4, -0.2) is 20.3 Å². The molecule has 0 aliphatic rings. The number of para-hydroxylation sites is 1. The number of aryl methyl sites for hydroxylation is 1. The quantitative estimate of drug-likeness (QED) is 0.836. The van der Waals surface area contributed by atoms with Gasteiger partial charge in [0.1, 0.15) is 22.3 Å². The van der Waals surface area contributed by atoms with E-state index in [1.807, 2.05) is 50.3 Å². The van der Waals surface area contributed by atoms with E-state index in [4.69, 9.17) is 4.42 Å². The lowest BCUT2D eigenvalue weighted by atomic mass is 10.1. The molecule has 0 saturated heterocycles. The highest BCUT2D eigenvalue weighted by molar-refractivity contribution is 7.84. The predicted octanol–water partition coefficient (Wildman–Crippen LogP) is 4.45. The van der Waals surface area contributed by atoms with Crippen LogP contribution in [0.1, 0.15) is 52.0 Å². The maximum absolute atomic E-state index is 12.6. The van der Waals surface area contributed by atoms with Crippen molar-refractivity contribution in [3.63, 3.8) is 0 Å². The summed E-state index contributed by atoms with van der Waals surface area (Å²) in [6, 6.07) is 8.08. The first kappa shape index (κ1) is 16.2. The molecule has 1 aromatic heterocycles. The Morgan fingerprint density at radius 1 is 1.29 bits per heavy atom. The first-order chi connectivity index (χ1) is 9.77. The van der Waals surface area contributed by atoms with Gasteiger partial charge in [0.25, 0.3) is 0 Å². The van der Waals surface area contributed by atoms with Crippen molar-refractivity contribution in [2.45, 2.75) is 51.8 Å². The lowest BCUT2D eigenvalue weighted by Crippen LogP contribution is -2.36. The summed E-state index contributed by atoms with van der Waals surface area (Å²) in [5.41, 5.74) is 2.13. The Morgan fingerprint density at radius 3 is 2.48 bits per heavy atom. The Hall–Kier alpha value is -1.13. The largest absolute Gasteiger partial charge is 0.459 e. The second-order valence-corrected chi connectivity index (χ2v) is 8.68. The molecule has 0 spiro atoms. The Kier molecular flexibility index (Phi) is 4.59. The monoisotopic (exact) mass is 307 g/mol. The minimum Gasteiger partial charge on any atom is -0.459 e. The standard InChI is InChI=1S/C17H25NO2S/c1-7-13-14-10-8-9-11-15(14)20-16(13)12(2)18(6)21(19)17(3,4)5/h8-12H,7H2,1-6H3/t12-,21?/m1/s1. The van der Waals surface area contributed by atoms with E-state index in [0.29, 0.717) is 0 Å². The summed E-state index contributed by atoms with van der Waals surface area (Å²) < 4.78 is 20.3. The average Bonchev–Trinajstić information content (AvgIpc) is 2.82. The van der Waals surface area contributed by atoms with Crippen molar-refractivity contribution in [1.29, 1.82) is 0 Å². The molecule has 0 aliphatic heterocycles. The Balaban J connectivity index is 2.44. The van der Waals surface area contributed by atoms with Crippen LogP contribution < -0.4 is 0 Å². The van der Waals surface area contributed by atoms with Crippen LogP contribution in [0.2, 0.25) is 0 Å². The first-order valence-corrected chi connectivity index (χ1v) is 8.53. The number of rotatable bonds is 4. The van der Waals surface area contributed by atoms with E-state index in [0.717, 1.165) is 23.2 Å². The fraction of sp³-hybridized carbons (Fsp3) is 0.529. The molecule has 1 unspecified atom stereocenters. The van der Waals surface area contributed by atoms with Gasteiger partial charge < -0.3 is 4.42 Å². The zero-order valence-corrected chi connectivity index (χ0v) is 14.6. The van der Waals surface area contributed by atoms with E-state index in [9.17, 15) is 4.21 Å². The van der Waals surface area contributed by atoms with Crippen molar-refractivity contribution in [3.8, 4) is 0 Å². The molecule has 0 amide bonds. The third-order valence-electron chi connectivity index (χ3n) is 3.79. The summed E-state index contributed by atoms with van der Waals surface area (Å²) >= 11 is 0. The van der Waals surface area contributed by atoms with Crippen molar-refractivity contribution in [2.24, 2.45) is 0 Å². The molecule has 0 fully saturated rings. The molecule has 1 heterocycles. The van der Waals surface area contributed by atoms with Crippen LogP contribution in [0.3, 0.4) is 0 Å². The van der Waals surface area contributed by atoms with E-state index in [2.05, 4.69) is 19.9 Å². The van der Waals surface area contributed by atoms with E-state index in [1.54, 1.807) is 0 Å². The third-order valence-corrected chi connectivity index (χ3v) is 5.68. The molecule has 0 saturated carbocycles. The molecule has 0 aliphatic carbocycles. The first-order valence-electron chi connectivity index (χ1n) is 7.42. The van der Waals surface area contributed by atoms with Gasteiger partial charge in [-0.2, -0.15) is 0 Å². The van der Waals surface area contributed by atoms with E-state index >= 15 is 0 Å². The second-order valence-electron chi connectivity index (χ2n) is 6.38. The molecule has 2 atom stereocenters. The minimum absolute atomic E-state index is 0.0209. The molecule has 0 bridgehead atoms. The van der Waals surface area contributed by atoms with Gasteiger partial charge in [0, 0.05) is 18.0 Å². The van der Waals surface area contributed by atoms with Crippen LogP contribution in [-0.2, 0) is 17.4 Å². The molecule has 0 radical (unpaired) electrons. The Labute approximate surface area is 129 Å². The highest BCUT2D eigenvalue weighted by Gasteiger charge is 2.30. The van der Waals surface area contributed by atoms with Crippen LogP contribution in [0.5, 0.6) is 0 Å². The molecule has 1 aromatic carbocycles. The van der Waals surface area contributed by atoms with Gasteiger partial charge in [0.15, 0.2) is 0 Å². The maximum Gasteiger partial charge on any atom is 0.134 e. The SMILES string of the molecule is CCc1c([C@@H](C)N(C)S(=O)C(C)(C)C)oc2ccccc12. The fourth-order valence-corrected chi connectivity index (χ4v) is 3.81. The van der Waals surface area contributed by atoms with Crippen LogP contribution in [0, 0.1) is 0 Å². The van der Waals surface area contributed by atoms with Gasteiger partial charge in [0.2, 0.25) is 0 Å². The molecular weight excluding hydrogens is 282 g/mol. The minimum atomic E-state index is -1.07. The van der Waals surface area contributed by atoms with Gasteiger partial charge in [0.05, 0.1) is 10.8 Å². The summed E-state index contributed by atoms with van der Waals surface area (Å²) in [5, 5.41) is 1.16. The molecular formula is C17H25NO2S. The molecule has 3 nitrogen and oxygen atoms in total. The van der Waals surface area contributed by atoms with E-state index < -0.39 is 11.0 Å². The smallest absolute Gasteiger partial charge is 0.134 e. The molecule has 116 valence electrons. The zero-order valence-electron chi connectivity index (χ0n) is 13.8. The number of nitrogens with zero attached hydrogens (tertiary/aromatic N) is 1. The van der Waals surface area contributed by atoms with E-state index in [-0.39, 0.29) is 10.8 Å². The predicted molar refractivity (Wildman–Crippen MR) is 89.7 cm³/mol. The third kappa shape index (κ3) is 3.06. The molecule has 4 heteroatoms. The van der Waals surface area contributed by atoms with Crippen LogP contribution in [0.4, 0.5) is 0 Å². The lowest BCUT2D eigenvalue weighted by Gasteiger charge is -2.29. The van der Waals surface area contributed by atoms with Gasteiger partial charge in [-0.25, -0.2) is 8.51 Å². The lowest BCUT2D eigenvalue weighted by molar-refractivity contribution is 0.356. The van der Waals surface area contributed by atoms with Gasteiger partial charge >= 0.3 is 0 Å². The van der Waals surface area contributed by atoms with Crippen LogP contribution >= 0.6 is 0 Å². The number of benzene rings is 1. The van der Waals surface area contributed by atoms with E-state index in [1.165, 1.54) is 5.56 Å². The highest BCUT2D eigenvalue weighted by atomic mass is 32.2. The normalized spacial score (nSPS) is 15.6. The summed E-state index contributed by atoms with van der Waals surface area (Å²) in [5.74, 6) is 0.929. The molecule has 21 heavy (non-hydrogen) atoms. The van der Waals surface area contributed by atoms with Crippen molar-refractivity contribution in [2.75, 3.05) is 7.05 Å². The maximum atomic E-state index is 12.6. The number of hydrogen-bond acceptors (Lipinski definition) is 2. The number of fused-ring (bicyclic) bond motifs is 1. The summed E-state index contributed by atoms with van der Waals surface area (Å²) in [6.45, 7) is 10.2. The summed E-state index contributed by atoms with van der Waals surface area (Å²) in [6.07, 6.45) is 0.909. The van der Waals surface area contributed by atoms with Crippen LogP contribution in [0.25, 0.3) is 11.0 Å². The van der Waals surface area contributed by atoms with Crippen molar-refractivity contribution < 1.29 is 8.63 Å². The van der Waals surface area contributed by atoms with Gasteiger partial charge in [-0.1, -0.05) is 25.1 Å². The molecule has 0 N–H and O–H groups in total. The second kappa shape index (κ2) is 5.93. The summed E-state index contributed by atoms with van der Waals surface area (Å²) in [7, 11) is 0.830. The van der Waals surface area contributed by atoms with Gasteiger partial charge in [-0.15, -0.1) is 0 Å².